The van der Waals surface area contributed by atoms with Crippen molar-refractivity contribution < 1.29 is 33.6 Å². The number of benzene rings is 3. The van der Waals surface area contributed by atoms with E-state index < -0.39 is 17.7 Å². The van der Waals surface area contributed by atoms with Crippen molar-refractivity contribution >= 4 is 23.1 Å². The van der Waals surface area contributed by atoms with Crippen LogP contribution in [0.15, 0.2) is 72.3 Å². The standard InChI is InChI=1S/C29H27NO7/c1-3-14-35-21-11-8-18(9-12-21)27(31)25-26(19-6-5-7-22(15-19)34-4-2)30(29(33)28(25)32)20-10-13-23-24(16-20)37-17-36-23/h5-13,15-16,26,31H,3-4,14,17H2,1-2H3/b27-25+. The van der Waals surface area contributed by atoms with Crippen LogP contribution in [0.4, 0.5) is 5.69 Å². The molecule has 5 rings (SSSR count). The maximum Gasteiger partial charge on any atom is 0.300 e. The Labute approximate surface area is 214 Å². The Hall–Kier alpha value is -4.46. The van der Waals surface area contributed by atoms with Crippen LogP contribution in [0.2, 0.25) is 0 Å². The molecule has 37 heavy (non-hydrogen) atoms. The molecule has 0 aromatic heterocycles. The molecule has 1 saturated heterocycles. The van der Waals surface area contributed by atoms with Crippen LogP contribution in [0, 0.1) is 0 Å². The van der Waals surface area contributed by atoms with Crippen LogP contribution in [0.1, 0.15) is 37.4 Å². The minimum atomic E-state index is -0.892. The van der Waals surface area contributed by atoms with Gasteiger partial charge in [-0.15, -0.1) is 0 Å². The second-order valence-corrected chi connectivity index (χ2v) is 8.59. The normalized spacial score (nSPS) is 17.8. The van der Waals surface area contributed by atoms with Crippen molar-refractivity contribution in [3.8, 4) is 23.0 Å². The number of aliphatic hydroxyl groups is 1. The summed E-state index contributed by atoms with van der Waals surface area (Å²) in [6.07, 6.45) is 0.867. The highest BCUT2D eigenvalue weighted by atomic mass is 16.7. The molecule has 0 radical (unpaired) electrons. The summed E-state index contributed by atoms with van der Waals surface area (Å²) in [4.78, 5) is 28.2. The fraction of sp³-hybridized carbons (Fsp3) is 0.241. The van der Waals surface area contributed by atoms with Crippen molar-refractivity contribution in [3.05, 3.63) is 83.4 Å². The van der Waals surface area contributed by atoms with E-state index in [4.69, 9.17) is 18.9 Å². The first-order valence-corrected chi connectivity index (χ1v) is 12.2. The highest BCUT2D eigenvalue weighted by Crippen LogP contribution is 2.45. The van der Waals surface area contributed by atoms with Crippen LogP contribution in [0.3, 0.4) is 0 Å². The summed E-state index contributed by atoms with van der Waals surface area (Å²) in [6, 6.07) is 18.1. The van der Waals surface area contributed by atoms with Gasteiger partial charge < -0.3 is 24.1 Å². The maximum absolute atomic E-state index is 13.4. The molecule has 0 spiro atoms. The summed E-state index contributed by atoms with van der Waals surface area (Å²) in [7, 11) is 0. The number of rotatable bonds is 8. The van der Waals surface area contributed by atoms with Gasteiger partial charge in [0, 0.05) is 17.3 Å². The predicted molar refractivity (Wildman–Crippen MR) is 137 cm³/mol. The summed E-state index contributed by atoms with van der Waals surface area (Å²) < 4.78 is 22.2. The van der Waals surface area contributed by atoms with Gasteiger partial charge >= 0.3 is 0 Å². The van der Waals surface area contributed by atoms with Gasteiger partial charge in [-0.2, -0.15) is 0 Å². The van der Waals surface area contributed by atoms with E-state index in [0.29, 0.717) is 53.0 Å². The Morgan fingerprint density at radius 1 is 0.946 bits per heavy atom. The van der Waals surface area contributed by atoms with Crippen LogP contribution < -0.4 is 23.8 Å². The lowest BCUT2D eigenvalue weighted by Crippen LogP contribution is -2.29. The van der Waals surface area contributed by atoms with Gasteiger partial charge in [0.05, 0.1) is 24.8 Å². The first-order chi connectivity index (χ1) is 18.0. The van der Waals surface area contributed by atoms with Gasteiger partial charge in [0.2, 0.25) is 6.79 Å². The fourth-order valence-electron chi connectivity index (χ4n) is 4.47. The highest BCUT2D eigenvalue weighted by Gasteiger charge is 2.47. The zero-order chi connectivity index (χ0) is 25.9. The molecule has 0 aliphatic carbocycles. The van der Waals surface area contributed by atoms with Crippen molar-refractivity contribution in [2.24, 2.45) is 0 Å². The molecule has 3 aromatic carbocycles. The number of nitrogens with zero attached hydrogens (tertiary/aromatic N) is 1. The van der Waals surface area contributed by atoms with E-state index in [2.05, 4.69) is 0 Å². The zero-order valence-corrected chi connectivity index (χ0v) is 20.6. The van der Waals surface area contributed by atoms with Crippen molar-refractivity contribution in [2.75, 3.05) is 24.9 Å². The van der Waals surface area contributed by atoms with E-state index in [1.165, 1.54) is 4.90 Å². The first kappa shape index (κ1) is 24.2. The van der Waals surface area contributed by atoms with E-state index in [-0.39, 0.29) is 18.1 Å². The molecule has 190 valence electrons. The number of ether oxygens (including phenoxy) is 4. The first-order valence-electron chi connectivity index (χ1n) is 12.2. The molecule has 3 aromatic rings. The average molecular weight is 502 g/mol. The summed E-state index contributed by atoms with van der Waals surface area (Å²) in [6.45, 7) is 5.00. The number of hydrogen-bond donors (Lipinski definition) is 1. The summed E-state index contributed by atoms with van der Waals surface area (Å²) in [5.41, 5.74) is 1.45. The molecule has 1 unspecified atom stereocenters. The van der Waals surface area contributed by atoms with E-state index >= 15 is 0 Å². The Bertz CT molecular complexity index is 1360. The highest BCUT2D eigenvalue weighted by molar-refractivity contribution is 6.51. The minimum Gasteiger partial charge on any atom is -0.507 e. The molecule has 1 amide bonds. The molecule has 0 bridgehead atoms. The van der Waals surface area contributed by atoms with Gasteiger partial charge in [-0.1, -0.05) is 19.1 Å². The van der Waals surface area contributed by atoms with Gasteiger partial charge in [-0.05, 0) is 67.4 Å². The summed E-state index contributed by atoms with van der Waals surface area (Å²) in [5, 5.41) is 11.4. The second-order valence-electron chi connectivity index (χ2n) is 8.59. The van der Waals surface area contributed by atoms with Crippen LogP contribution >= 0.6 is 0 Å². The monoisotopic (exact) mass is 501 g/mol. The van der Waals surface area contributed by atoms with Crippen LogP contribution in [0.25, 0.3) is 5.76 Å². The molecule has 1 fully saturated rings. The third-order valence-electron chi connectivity index (χ3n) is 6.16. The van der Waals surface area contributed by atoms with Gasteiger partial charge in [-0.3, -0.25) is 14.5 Å². The number of amides is 1. The third-order valence-corrected chi connectivity index (χ3v) is 6.16. The molecule has 8 nitrogen and oxygen atoms in total. The largest absolute Gasteiger partial charge is 0.507 e. The smallest absolute Gasteiger partial charge is 0.300 e. The maximum atomic E-state index is 13.4. The lowest BCUT2D eigenvalue weighted by molar-refractivity contribution is -0.132. The number of hydrogen-bond acceptors (Lipinski definition) is 7. The van der Waals surface area contributed by atoms with Crippen molar-refractivity contribution in [3.63, 3.8) is 0 Å². The number of carbonyl (C=O) groups excluding carboxylic acids is 2. The average Bonchev–Trinajstić information content (AvgIpc) is 3.49. The lowest BCUT2D eigenvalue weighted by Gasteiger charge is -2.26. The van der Waals surface area contributed by atoms with Crippen molar-refractivity contribution in [1.29, 1.82) is 0 Å². The zero-order valence-electron chi connectivity index (χ0n) is 20.6. The fourth-order valence-corrected chi connectivity index (χ4v) is 4.47. The van der Waals surface area contributed by atoms with Gasteiger partial charge in [0.15, 0.2) is 11.5 Å². The molecule has 2 aliphatic rings. The number of Topliss-reactive ketones (excluding diaryl/α,β-unsaturated/α-hetero) is 1. The molecule has 1 N–H and O–H groups in total. The van der Waals surface area contributed by atoms with Crippen molar-refractivity contribution in [1.82, 2.24) is 0 Å². The molecular formula is C29H27NO7. The number of ketones is 1. The molecule has 2 heterocycles. The Morgan fingerprint density at radius 3 is 2.49 bits per heavy atom. The van der Waals surface area contributed by atoms with Gasteiger partial charge in [0.1, 0.15) is 17.3 Å². The SMILES string of the molecule is CCCOc1ccc(/C(O)=C2\C(=O)C(=O)N(c3ccc4c(c3)OCO4)C2c2cccc(OCC)c2)cc1. The third kappa shape index (κ3) is 4.58. The second kappa shape index (κ2) is 10.3. The van der Waals surface area contributed by atoms with E-state index in [1.54, 1.807) is 66.7 Å². The minimum absolute atomic E-state index is 0.0152. The topological polar surface area (TPSA) is 94.5 Å². The van der Waals surface area contributed by atoms with E-state index in [9.17, 15) is 14.7 Å². The van der Waals surface area contributed by atoms with Crippen LogP contribution in [0.5, 0.6) is 23.0 Å². The summed E-state index contributed by atoms with van der Waals surface area (Å²) >= 11 is 0. The number of anilines is 1. The predicted octanol–water partition coefficient (Wildman–Crippen LogP) is 5.23. The Balaban J connectivity index is 1.63. The molecule has 8 heteroatoms. The molecule has 2 aliphatic heterocycles. The molecule has 1 atom stereocenters. The number of carbonyl (C=O) groups is 2. The van der Waals surface area contributed by atoms with E-state index in [1.807, 2.05) is 13.8 Å². The molecule has 0 saturated carbocycles. The van der Waals surface area contributed by atoms with E-state index in [0.717, 1.165) is 6.42 Å². The summed E-state index contributed by atoms with van der Waals surface area (Å²) in [5.74, 6) is 0.470. The molecular weight excluding hydrogens is 474 g/mol. The van der Waals surface area contributed by atoms with Crippen LogP contribution in [-0.4, -0.2) is 36.8 Å². The lowest BCUT2D eigenvalue weighted by atomic mass is 9.95. The number of aliphatic hydroxyl groups excluding tert-OH is 1. The van der Waals surface area contributed by atoms with Crippen LogP contribution in [-0.2, 0) is 9.59 Å². The van der Waals surface area contributed by atoms with Gasteiger partial charge in [-0.25, -0.2) is 0 Å². The van der Waals surface area contributed by atoms with Gasteiger partial charge in [0.25, 0.3) is 11.7 Å². The Morgan fingerprint density at radius 2 is 1.73 bits per heavy atom. The Kier molecular flexibility index (Phi) is 6.72. The quantitative estimate of drug-likeness (QED) is 0.257. The van der Waals surface area contributed by atoms with Crippen molar-refractivity contribution in [2.45, 2.75) is 26.3 Å². The number of fused-ring (bicyclic) bond motifs is 1.